The first-order valence-electron chi connectivity index (χ1n) is 6.26. The Kier molecular flexibility index (Phi) is 3.89. The minimum Gasteiger partial charge on any atom is -0.490 e. The van der Waals surface area contributed by atoms with Gasteiger partial charge in [0.1, 0.15) is 5.75 Å². The van der Waals surface area contributed by atoms with Crippen LogP contribution in [0.3, 0.4) is 0 Å². The van der Waals surface area contributed by atoms with Gasteiger partial charge in [0.25, 0.3) is 5.91 Å². The second-order valence-electron chi connectivity index (χ2n) is 5.10. The predicted molar refractivity (Wildman–Crippen MR) is 76.6 cm³/mol. The number of anilines is 1. The average molecular weight is 298 g/mol. The monoisotopic (exact) mass is 298 g/mol. The van der Waals surface area contributed by atoms with E-state index in [2.05, 4.69) is 4.72 Å². The molecule has 1 aliphatic rings. The number of rotatable bonds is 5. The van der Waals surface area contributed by atoms with Crippen LogP contribution in [0.2, 0.25) is 0 Å². The van der Waals surface area contributed by atoms with Gasteiger partial charge in [-0.25, -0.2) is 8.42 Å². The molecule has 0 spiro atoms. The van der Waals surface area contributed by atoms with Gasteiger partial charge in [-0.15, -0.1) is 0 Å². The molecule has 0 bridgehead atoms. The molecule has 0 aromatic heterocycles. The van der Waals surface area contributed by atoms with Gasteiger partial charge in [-0.2, -0.15) is 0 Å². The van der Waals surface area contributed by atoms with Gasteiger partial charge in [0.2, 0.25) is 10.0 Å². The van der Waals surface area contributed by atoms with E-state index >= 15 is 0 Å². The zero-order valence-electron chi connectivity index (χ0n) is 11.7. The number of carbonyl (C=O) groups excluding carboxylic acids is 1. The summed E-state index contributed by atoms with van der Waals surface area (Å²) in [6, 6.07) is 4.79. The van der Waals surface area contributed by atoms with Crippen LogP contribution in [-0.2, 0) is 10.0 Å². The molecule has 1 aromatic rings. The number of ether oxygens (including phenoxy) is 1. The van der Waals surface area contributed by atoms with Crippen LogP contribution in [0.1, 0.15) is 23.2 Å². The van der Waals surface area contributed by atoms with Crippen LogP contribution in [0.15, 0.2) is 18.2 Å². The molecule has 1 aliphatic carbocycles. The van der Waals surface area contributed by atoms with Crippen molar-refractivity contribution < 1.29 is 17.9 Å². The predicted octanol–water partition coefficient (Wildman–Crippen LogP) is 1.30. The van der Waals surface area contributed by atoms with Crippen molar-refractivity contribution in [3.8, 4) is 5.75 Å². The maximum absolute atomic E-state index is 12.1. The molecule has 1 N–H and O–H groups in total. The molecule has 1 fully saturated rings. The number of nitrogens with zero attached hydrogens (tertiary/aromatic N) is 1. The molecule has 0 heterocycles. The fraction of sp³-hybridized carbons (Fsp3) is 0.462. The first-order valence-corrected chi connectivity index (χ1v) is 8.15. The molecule has 7 heteroatoms. The molecular weight excluding hydrogens is 280 g/mol. The summed E-state index contributed by atoms with van der Waals surface area (Å²) in [7, 11) is -0.220. The number of sulfonamides is 1. The summed E-state index contributed by atoms with van der Waals surface area (Å²) in [6.45, 7) is 0. The molecule has 1 saturated carbocycles. The van der Waals surface area contributed by atoms with Crippen molar-refractivity contribution in [2.75, 3.05) is 25.1 Å². The molecule has 0 saturated heterocycles. The van der Waals surface area contributed by atoms with Crippen molar-refractivity contribution in [2.24, 2.45) is 0 Å². The Morgan fingerprint density at radius 2 is 2.00 bits per heavy atom. The van der Waals surface area contributed by atoms with E-state index in [1.54, 1.807) is 32.3 Å². The molecule has 1 amide bonds. The zero-order valence-corrected chi connectivity index (χ0v) is 12.5. The lowest BCUT2D eigenvalue weighted by atomic mass is 10.1. The molecule has 0 radical (unpaired) electrons. The minimum absolute atomic E-state index is 0.214. The molecule has 0 unspecified atom stereocenters. The van der Waals surface area contributed by atoms with Gasteiger partial charge in [-0.05, 0) is 31.0 Å². The van der Waals surface area contributed by atoms with Crippen LogP contribution in [0.5, 0.6) is 5.75 Å². The summed E-state index contributed by atoms with van der Waals surface area (Å²) in [5.74, 6) is 0.300. The summed E-state index contributed by atoms with van der Waals surface area (Å²) in [5, 5.41) is 0. The van der Waals surface area contributed by atoms with Crippen LogP contribution < -0.4 is 9.46 Å². The number of benzene rings is 1. The largest absolute Gasteiger partial charge is 0.490 e. The first-order chi connectivity index (χ1) is 9.26. The number of hydrogen-bond donors (Lipinski definition) is 1. The van der Waals surface area contributed by atoms with Gasteiger partial charge in [0.05, 0.1) is 23.6 Å². The standard InChI is InChI=1S/C13H18N2O4S/c1-15(2)13(16)11-8-10(19-9-4-5-9)6-7-12(11)14-20(3,17)18/h6-9,14H,4-5H2,1-3H3. The van der Waals surface area contributed by atoms with Crippen molar-refractivity contribution in [3.05, 3.63) is 23.8 Å². The molecule has 6 nitrogen and oxygen atoms in total. The third-order valence-corrected chi connectivity index (χ3v) is 3.34. The Hall–Kier alpha value is -1.76. The Balaban J connectivity index is 2.36. The lowest BCUT2D eigenvalue weighted by Crippen LogP contribution is -2.24. The van der Waals surface area contributed by atoms with Gasteiger partial charge in [0, 0.05) is 14.1 Å². The third-order valence-electron chi connectivity index (χ3n) is 2.75. The van der Waals surface area contributed by atoms with Gasteiger partial charge in [0.15, 0.2) is 0 Å². The highest BCUT2D eigenvalue weighted by Gasteiger charge is 2.24. The van der Waals surface area contributed by atoms with E-state index in [4.69, 9.17) is 4.74 Å². The average Bonchev–Trinajstić information content (AvgIpc) is 3.12. The van der Waals surface area contributed by atoms with E-state index in [0.29, 0.717) is 5.75 Å². The van der Waals surface area contributed by atoms with Crippen molar-refractivity contribution in [2.45, 2.75) is 18.9 Å². The molecule has 110 valence electrons. The smallest absolute Gasteiger partial charge is 0.255 e. The van der Waals surface area contributed by atoms with Crippen LogP contribution in [0.4, 0.5) is 5.69 Å². The second kappa shape index (κ2) is 5.32. The van der Waals surface area contributed by atoms with E-state index in [1.165, 1.54) is 4.90 Å². The molecule has 20 heavy (non-hydrogen) atoms. The van der Waals surface area contributed by atoms with Gasteiger partial charge < -0.3 is 9.64 Å². The van der Waals surface area contributed by atoms with Gasteiger partial charge in [-0.3, -0.25) is 9.52 Å². The molecular formula is C13H18N2O4S. The van der Waals surface area contributed by atoms with E-state index in [9.17, 15) is 13.2 Å². The van der Waals surface area contributed by atoms with Gasteiger partial charge >= 0.3 is 0 Å². The third kappa shape index (κ3) is 3.86. The highest BCUT2D eigenvalue weighted by atomic mass is 32.2. The molecule has 1 aromatic carbocycles. The van der Waals surface area contributed by atoms with Crippen molar-refractivity contribution in [1.82, 2.24) is 4.90 Å². The Bertz CT molecular complexity index is 621. The fourth-order valence-corrected chi connectivity index (χ4v) is 2.26. The van der Waals surface area contributed by atoms with Crippen molar-refractivity contribution in [3.63, 3.8) is 0 Å². The second-order valence-corrected chi connectivity index (χ2v) is 6.85. The highest BCUT2D eigenvalue weighted by Crippen LogP contribution is 2.30. The van der Waals surface area contributed by atoms with Gasteiger partial charge in [-0.1, -0.05) is 0 Å². The van der Waals surface area contributed by atoms with Crippen LogP contribution in [0.25, 0.3) is 0 Å². The highest BCUT2D eigenvalue weighted by molar-refractivity contribution is 7.92. The quantitative estimate of drug-likeness (QED) is 0.889. The Morgan fingerprint density at radius 3 is 2.50 bits per heavy atom. The molecule has 0 aliphatic heterocycles. The SMILES string of the molecule is CN(C)C(=O)c1cc(OC2CC2)ccc1NS(C)(=O)=O. The summed E-state index contributed by atoms with van der Waals surface area (Å²) >= 11 is 0. The number of amides is 1. The van der Waals surface area contributed by atoms with E-state index in [0.717, 1.165) is 19.1 Å². The Labute approximate surface area is 118 Å². The zero-order chi connectivity index (χ0) is 14.9. The normalized spacial score (nSPS) is 14.8. The van der Waals surface area contributed by atoms with Crippen LogP contribution in [-0.4, -0.2) is 45.7 Å². The number of carbonyl (C=O) groups is 1. The van der Waals surface area contributed by atoms with E-state index in [-0.39, 0.29) is 23.3 Å². The first kappa shape index (κ1) is 14.6. The van der Waals surface area contributed by atoms with Crippen LogP contribution in [0, 0.1) is 0 Å². The lowest BCUT2D eigenvalue weighted by Gasteiger charge is -2.16. The summed E-state index contributed by atoms with van der Waals surface area (Å²) in [6.07, 6.45) is 3.29. The Morgan fingerprint density at radius 1 is 1.35 bits per heavy atom. The molecule has 0 atom stereocenters. The number of nitrogens with one attached hydrogen (secondary N) is 1. The lowest BCUT2D eigenvalue weighted by molar-refractivity contribution is 0.0828. The summed E-state index contributed by atoms with van der Waals surface area (Å²) in [4.78, 5) is 13.5. The molecule has 2 rings (SSSR count). The summed E-state index contributed by atoms with van der Waals surface area (Å²) < 4.78 is 30.7. The van der Waals surface area contributed by atoms with E-state index in [1.807, 2.05) is 0 Å². The topological polar surface area (TPSA) is 75.7 Å². The van der Waals surface area contributed by atoms with Crippen molar-refractivity contribution in [1.29, 1.82) is 0 Å². The number of hydrogen-bond acceptors (Lipinski definition) is 4. The minimum atomic E-state index is -3.44. The van der Waals surface area contributed by atoms with E-state index < -0.39 is 10.0 Å². The van der Waals surface area contributed by atoms with Crippen LogP contribution >= 0.6 is 0 Å². The maximum Gasteiger partial charge on any atom is 0.255 e. The fourth-order valence-electron chi connectivity index (χ4n) is 1.68. The maximum atomic E-state index is 12.1. The van der Waals surface area contributed by atoms with Crippen molar-refractivity contribution >= 4 is 21.6 Å². The summed E-state index contributed by atoms with van der Waals surface area (Å²) in [5.41, 5.74) is 0.535.